The molecule has 0 radical (unpaired) electrons. The number of carbonyl (C=O) groups is 2. The third kappa shape index (κ3) is 63.5. The summed E-state index contributed by atoms with van der Waals surface area (Å²) in [6, 6.07) is -0.546. The third-order valence-electron chi connectivity index (χ3n) is 16.8. The standard InChI is InChI=1S/C72H139NO5/c1-3-5-7-9-11-13-15-17-19-21-23-24-25-26-27-28-29-32-36-40-44-48-52-56-60-64-70(75)69(68-74)73-71(76)65-61-57-53-49-45-41-37-33-30-31-35-39-43-47-51-55-59-63-67-78-72(77)66-62-58-54-50-46-42-38-34-22-20-18-16-14-12-10-8-6-4-2/h14,16,20,22,69-70,74-75H,3-13,15,17-19,21,23-68H2,1-2H3,(H,73,76)/b16-14-,22-20-. The quantitative estimate of drug-likeness (QED) is 0.0320. The summed E-state index contributed by atoms with van der Waals surface area (Å²) in [7, 11) is 0. The summed E-state index contributed by atoms with van der Waals surface area (Å²) in [5.41, 5.74) is 0. The molecular weight excluding hydrogens is 959 g/mol. The lowest BCUT2D eigenvalue weighted by molar-refractivity contribution is -0.143. The lowest BCUT2D eigenvalue weighted by atomic mass is 10.0. The number of aliphatic hydroxyl groups excluding tert-OH is 2. The number of hydrogen-bond acceptors (Lipinski definition) is 5. The molecule has 0 aliphatic rings. The predicted octanol–water partition coefficient (Wildman–Crippen LogP) is 22.9. The first-order valence-corrected chi connectivity index (χ1v) is 35.6. The van der Waals surface area contributed by atoms with Gasteiger partial charge in [0.15, 0.2) is 0 Å². The van der Waals surface area contributed by atoms with Crippen molar-refractivity contribution in [3.05, 3.63) is 24.3 Å². The summed E-state index contributed by atoms with van der Waals surface area (Å²) in [5.74, 6) is -0.0329. The smallest absolute Gasteiger partial charge is 0.305 e. The number of rotatable bonds is 67. The summed E-state index contributed by atoms with van der Waals surface area (Å²) in [4.78, 5) is 24.7. The van der Waals surface area contributed by atoms with Crippen LogP contribution in [0.2, 0.25) is 0 Å². The molecule has 0 rings (SSSR count). The zero-order valence-corrected chi connectivity index (χ0v) is 52.9. The second-order valence-electron chi connectivity index (χ2n) is 24.6. The van der Waals surface area contributed by atoms with Gasteiger partial charge in [0.2, 0.25) is 5.91 Å². The highest BCUT2D eigenvalue weighted by Gasteiger charge is 2.20. The molecule has 0 aromatic rings. The monoisotopic (exact) mass is 1100 g/mol. The van der Waals surface area contributed by atoms with Crippen LogP contribution in [-0.4, -0.2) is 47.4 Å². The Morgan fingerprint density at radius 2 is 0.641 bits per heavy atom. The zero-order valence-electron chi connectivity index (χ0n) is 52.9. The van der Waals surface area contributed by atoms with Crippen molar-refractivity contribution in [1.29, 1.82) is 0 Å². The molecule has 1 amide bonds. The number of amides is 1. The highest BCUT2D eigenvalue weighted by Crippen LogP contribution is 2.19. The highest BCUT2D eigenvalue weighted by atomic mass is 16.5. The summed E-state index contributed by atoms with van der Waals surface area (Å²) >= 11 is 0. The van der Waals surface area contributed by atoms with Crippen LogP contribution >= 0.6 is 0 Å². The number of aliphatic hydroxyl groups is 2. The lowest BCUT2D eigenvalue weighted by Gasteiger charge is -2.22. The Morgan fingerprint density at radius 1 is 0.359 bits per heavy atom. The Balaban J connectivity index is 3.40. The van der Waals surface area contributed by atoms with Crippen LogP contribution in [-0.2, 0) is 14.3 Å². The third-order valence-corrected chi connectivity index (χ3v) is 16.8. The number of nitrogens with one attached hydrogen (secondary N) is 1. The molecule has 0 heterocycles. The van der Waals surface area contributed by atoms with Gasteiger partial charge in [0.1, 0.15) is 0 Å². The minimum atomic E-state index is -0.669. The van der Waals surface area contributed by atoms with Crippen LogP contribution in [0, 0.1) is 0 Å². The number of carbonyl (C=O) groups excluding carboxylic acids is 2. The average molecular weight is 1100 g/mol. The Hall–Kier alpha value is -1.66. The first kappa shape index (κ1) is 76.3. The number of ether oxygens (including phenoxy) is 1. The molecule has 6 nitrogen and oxygen atoms in total. The Labute approximate surface area is 488 Å². The largest absolute Gasteiger partial charge is 0.466 e. The summed E-state index contributed by atoms with van der Waals surface area (Å²) < 4.78 is 5.50. The Bertz CT molecular complexity index is 1220. The molecule has 0 aliphatic carbocycles. The normalized spacial score (nSPS) is 12.6. The van der Waals surface area contributed by atoms with E-state index in [1.165, 1.54) is 315 Å². The van der Waals surface area contributed by atoms with Gasteiger partial charge in [-0.25, -0.2) is 0 Å². The number of hydrogen-bond donors (Lipinski definition) is 3. The number of allylic oxidation sites excluding steroid dienone is 4. The van der Waals surface area contributed by atoms with Crippen LogP contribution in [0.5, 0.6) is 0 Å². The molecule has 0 fully saturated rings. The minimum absolute atomic E-state index is 0.00132. The molecule has 78 heavy (non-hydrogen) atoms. The molecule has 0 aromatic heterocycles. The van der Waals surface area contributed by atoms with E-state index in [2.05, 4.69) is 43.5 Å². The molecule has 6 heteroatoms. The highest BCUT2D eigenvalue weighted by molar-refractivity contribution is 5.76. The van der Waals surface area contributed by atoms with Gasteiger partial charge in [-0.15, -0.1) is 0 Å². The predicted molar refractivity (Wildman–Crippen MR) is 343 cm³/mol. The molecule has 0 saturated carbocycles. The second kappa shape index (κ2) is 67.8. The first-order chi connectivity index (χ1) is 38.5. The van der Waals surface area contributed by atoms with Gasteiger partial charge in [0.05, 0.1) is 25.4 Å². The van der Waals surface area contributed by atoms with Crippen molar-refractivity contribution in [2.45, 2.75) is 411 Å². The van der Waals surface area contributed by atoms with Crippen molar-refractivity contribution in [3.63, 3.8) is 0 Å². The van der Waals surface area contributed by atoms with Crippen LogP contribution in [0.15, 0.2) is 24.3 Å². The van der Waals surface area contributed by atoms with E-state index in [1.807, 2.05) is 0 Å². The Morgan fingerprint density at radius 3 is 0.987 bits per heavy atom. The molecule has 0 aromatic carbocycles. The fourth-order valence-electron chi connectivity index (χ4n) is 11.3. The minimum Gasteiger partial charge on any atom is -0.466 e. The molecular formula is C72H139NO5. The van der Waals surface area contributed by atoms with Gasteiger partial charge in [-0.3, -0.25) is 9.59 Å². The maximum absolute atomic E-state index is 12.6. The van der Waals surface area contributed by atoms with Crippen LogP contribution in [0.3, 0.4) is 0 Å². The SMILES string of the molecule is CCCCCC/C=C\C/C=C\CCCCCCCCCC(=O)OCCCCCCCCCCCCCCCCCCCCC(=O)NC(CO)C(O)CCCCCCCCCCCCCCCCCCCCCCCCCCC. The average Bonchev–Trinajstić information content (AvgIpc) is 3.44. The van der Waals surface area contributed by atoms with Crippen molar-refractivity contribution in [3.8, 4) is 0 Å². The van der Waals surface area contributed by atoms with Gasteiger partial charge in [-0.2, -0.15) is 0 Å². The second-order valence-corrected chi connectivity index (χ2v) is 24.6. The molecule has 0 aliphatic heterocycles. The van der Waals surface area contributed by atoms with Crippen molar-refractivity contribution in [2.24, 2.45) is 0 Å². The van der Waals surface area contributed by atoms with Crippen LogP contribution in [0.4, 0.5) is 0 Å². The van der Waals surface area contributed by atoms with Crippen LogP contribution in [0.1, 0.15) is 399 Å². The molecule has 2 atom stereocenters. The van der Waals surface area contributed by atoms with Gasteiger partial charge in [-0.05, 0) is 57.8 Å². The Kier molecular flexibility index (Phi) is 66.4. The van der Waals surface area contributed by atoms with E-state index in [4.69, 9.17) is 4.74 Å². The number of esters is 1. The maximum atomic E-state index is 12.6. The van der Waals surface area contributed by atoms with Crippen molar-refractivity contribution >= 4 is 11.9 Å². The topological polar surface area (TPSA) is 95.9 Å². The van der Waals surface area contributed by atoms with Crippen LogP contribution < -0.4 is 5.32 Å². The van der Waals surface area contributed by atoms with Gasteiger partial charge in [0.25, 0.3) is 0 Å². The van der Waals surface area contributed by atoms with Crippen molar-refractivity contribution in [1.82, 2.24) is 5.32 Å². The van der Waals surface area contributed by atoms with E-state index in [0.29, 0.717) is 25.9 Å². The molecule has 3 N–H and O–H groups in total. The molecule has 0 spiro atoms. The maximum Gasteiger partial charge on any atom is 0.305 e. The van der Waals surface area contributed by atoms with E-state index in [-0.39, 0.29) is 18.5 Å². The van der Waals surface area contributed by atoms with E-state index in [1.54, 1.807) is 0 Å². The van der Waals surface area contributed by atoms with Gasteiger partial charge in [-0.1, -0.05) is 353 Å². The molecule has 2 unspecified atom stereocenters. The summed E-state index contributed by atoms with van der Waals surface area (Å²) in [6.07, 6.45) is 85.0. The fourth-order valence-corrected chi connectivity index (χ4v) is 11.3. The lowest BCUT2D eigenvalue weighted by Crippen LogP contribution is -2.45. The van der Waals surface area contributed by atoms with E-state index in [9.17, 15) is 19.8 Å². The van der Waals surface area contributed by atoms with Crippen molar-refractivity contribution in [2.75, 3.05) is 13.2 Å². The van der Waals surface area contributed by atoms with Crippen LogP contribution in [0.25, 0.3) is 0 Å². The first-order valence-electron chi connectivity index (χ1n) is 35.6. The fraction of sp³-hybridized carbons (Fsp3) is 0.917. The molecule has 462 valence electrons. The molecule has 0 bridgehead atoms. The van der Waals surface area contributed by atoms with Gasteiger partial charge in [0, 0.05) is 12.8 Å². The molecule has 0 saturated heterocycles. The van der Waals surface area contributed by atoms with E-state index >= 15 is 0 Å². The summed E-state index contributed by atoms with van der Waals surface area (Å²) in [5, 5.41) is 23.5. The van der Waals surface area contributed by atoms with Crippen molar-refractivity contribution < 1.29 is 24.5 Å². The number of unbranched alkanes of at least 4 members (excludes halogenated alkanes) is 52. The van der Waals surface area contributed by atoms with E-state index in [0.717, 1.165) is 51.4 Å². The van der Waals surface area contributed by atoms with E-state index < -0.39 is 12.1 Å². The van der Waals surface area contributed by atoms with Gasteiger partial charge >= 0.3 is 5.97 Å². The van der Waals surface area contributed by atoms with Gasteiger partial charge < -0.3 is 20.3 Å². The summed E-state index contributed by atoms with van der Waals surface area (Å²) in [6.45, 7) is 4.96. The zero-order chi connectivity index (χ0) is 56.4.